The average molecular weight is 310 g/mol. The Hall–Kier alpha value is -2.09. The van der Waals surface area contributed by atoms with Crippen molar-refractivity contribution in [1.29, 1.82) is 0 Å². The molecule has 0 heterocycles. The molecular weight excluding hydrogens is 284 g/mol. The van der Waals surface area contributed by atoms with Gasteiger partial charge >= 0.3 is 5.97 Å². The summed E-state index contributed by atoms with van der Waals surface area (Å²) in [4.78, 5) is 11.6. The van der Waals surface area contributed by atoms with Gasteiger partial charge in [-0.25, -0.2) is 4.79 Å². The highest BCUT2D eigenvalue weighted by Gasteiger charge is 2.25. The first kappa shape index (κ1) is 17.3. The third-order valence-electron chi connectivity index (χ3n) is 4.39. The van der Waals surface area contributed by atoms with Crippen molar-refractivity contribution < 1.29 is 9.90 Å². The number of carboxylic acids is 1. The lowest BCUT2D eigenvalue weighted by Gasteiger charge is -2.28. The van der Waals surface area contributed by atoms with E-state index in [1.165, 1.54) is 11.1 Å². The van der Waals surface area contributed by atoms with E-state index < -0.39 is 5.97 Å². The van der Waals surface area contributed by atoms with E-state index in [0.717, 1.165) is 5.56 Å². The number of carboxylic acid groups (broad SMARTS) is 1. The van der Waals surface area contributed by atoms with E-state index in [4.69, 9.17) is 0 Å². The Balaban J connectivity index is 2.46. The minimum Gasteiger partial charge on any atom is -0.478 e. The van der Waals surface area contributed by atoms with Gasteiger partial charge in [0.05, 0.1) is 5.56 Å². The number of benzene rings is 2. The maximum Gasteiger partial charge on any atom is 0.335 e. The summed E-state index contributed by atoms with van der Waals surface area (Å²) in [5.74, 6) is -0.857. The van der Waals surface area contributed by atoms with E-state index in [1.807, 2.05) is 24.3 Å². The molecule has 0 aliphatic carbocycles. The zero-order valence-electron chi connectivity index (χ0n) is 14.7. The van der Waals surface area contributed by atoms with Crippen molar-refractivity contribution in [3.63, 3.8) is 0 Å². The topological polar surface area (TPSA) is 37.3 Å². The van der Waals surface area contributed by atoms with Crippen LogP contribution in [0.25, 0.3) is 0 Å². The molecule has 0 fully saturated rings. The average Bonchev–Trinajstić information content (AvgIpc) is 2.46. The predicted molar refractivity (Wildman–Crippen MR) is 95.3 cm³/mol. The van der Waals surface area contributed by atoms with Crippen LogP contribution >= 0.6 is 0 Å². The van der Waals surface area contributed by atoms with Gasteiger partial charge in [-0.2, -0.15) is 0 Å². The summed E-state index contributed by atoms with van der Waals surface area (Å²) in [6, 6.07) is 16.0. The van der Waals surface area contributed by atoms with Crippen LogP contribution in [0.3, 0.4) is 0 Å². The van der Waals surface area contributed by atoms with E-state index in [9.17, 15) is 9.90 Å². The molecule has 0 aromatic heterocycles. The molecule has 0 spiro atoms. The molecule has 0 unspecified atom stereocenters. The van der Waals surface area contributed by atoms with Crippen molar-refractivity contribution in [2.75, 3.05) is 0 Å². The fraction of sp³-hybridized carbons (Fsp3) is 0.381. The summed E-state index contributed by atoms with van der Waals surface area (Å²) in [5.41, 5.74) is 3.57. The van der Waals surface area contributed by atoms with E-state index in [1.54, 1.807) is 6.07 Å². The first-order valence-corrected chi connectivity index (χ1v) is 8.03. The predicted octanol–water partition coefficient (Wildman–Crippen LogP) is 5.20. The molecule has 0 saturated carbocycles. The highest BCUT2D eigenvalue weighted by atomic mass is 16.4. The van der Waals surface area contributed by atoms with Gasteiger partial charge in [-0.1, -0.05) is 77.1 Å². The second kappa shape index (κ2) is 6.19. The van der Waals surface area contributed by atoms with Crippen LogP contribution in [0.2, 0.25) is 0 Å². The van der Waals surface area contributed by atoms with Crippen LogP contribution in [-0.2, 0) is 17.3 Å². The van der Waals surface area contributed by atoms with Crippen molar-refractivity contribution in [1.82, 2.24) is 0 Å². The zero-order chi connectivity index (χ0) is 17.3. The Bertz CT molecular complexity index is 692. The highest BCUT2D eigenvalue weighted by Crippen LogP contribution is 2.31. The number of rotatable bonds is 4. The second-order valence-electron chi connectivity index (χ2n) is 7.85. The number of carbonyl (C=O) groups is 1. The molecule has 2 rings (SSSR count). The fourth-order valence-electron chi connectivity index (χ4n) is 2.88. The van der Waals surface area contributed by atoms with Crippen molar-refractivity contribution in [3.05, 3.63) is 70.8 Å². The minimum atomic E-state index is -0.857. The smallest absolute Gasteiger partial charge is 0.335 e. The second-order valence-corrected chi connectivity index (χ2v) is 7.85. The van der Waals surface area contributed by atoms with Gasteiger partial charge in [0.1, 0.15) is 0 Å². The molecule has 0 radical (unpaired) electrons. The van der Waals surface area contributed by atoms with Gasteiger partial charge in [0.25, 0.3) is 0 Å². The maximum atomic E-state index is 11.6. The molecule has 1 N–H and O–H groups in total. The van der Waals surface area contributed by atoms with Crippen LogP contribution in [0.1, 0.15) is 61.7 Å². The van der Waals surface area contributed by atoms with Gasteiger partial charge in [0.15, 0.2) is 0 Å². The molecule has 2 aromatic carbocycles. The van der Waals surface area contributed by atoms with Crippen LogP contribution in [-0.4, -0.2) is 11.1 Å². The SMILES string of the molecule is CC(C)(C)c1ccc(C(=O)O)c(CC(C)(C)c2ccccc2)c1. The summed E-state index contributed by atoms with van der Waals surface area (Å²) in [5, 5.41) is 9.53. The summed E-state index contributed by atoms with van der Waals surface area (Å²) >= 11 is 0. The normalized spacial score (nSPS) is 12.2. The first-order chi connectivity index (χ1) is 10.6. The molecule has 23 heavy (non-hydrogen) atoms. The Labute approximate surface area is 139 Å². The summed E-state index contributed by atoms with van der Waals surface area (Å²) in [6.07, 6.45) is 0.697. The Kier molecular flexibility index (Phi) is 4.65. The quantitative estimate of drug-likeness (QED) is 0.842. The van der Waals surface area contributed by atoms with E-state index in [-0.39, 0.29) is 10.8 Å². The summed E-state index contributed by atoms with van der Waals surface area (Å²) in [7, 11) is 0. The Morgan fingerprint density at radius 1 is 0.913 bits per heavy atom. The van der Waals surface area contributed by atoms with Gasteiger partial charge in [-0.3, -0.25) is 0 Å². The number of hydrogen-bond acceptors (Lipinski definition) is 1. The molecule has 0 aliphatic rings. The fourth-order valence-corrected chi connectivity index (χ4v) is 2.88. The maximum absolute atomic E-state index is 11.6. The molecule has 0 aliphatic heterocycles. The van der Waals surface area contributed by atoms with Gasteiger partial charge in [0, 0.05) is 0 Å². The zero-order valence-corrected chi connectivity index (χ0v) is 14.7. The largest absolute Gasteiger partial charge is 0.478 e. The van der Waals surface area contributed by atoms with Crippen LogP contribution in [0.5, 0.6) is 0 Å². The van der Waals surface area contributed by atoms with Crippen molar-refractivity contribution in [2.45, 2.75) is 51.9 Å². The lowest BCUT2D eigenvalue weighted by atomic mass is 9.76. The van der Waals surface area contributed by atoms with Crippen LogP contribution in [0.15, 0.2) is 48.5 Å². The van der Waals surface area contributed by atoms with Gasteiger partial charge < -0.3 is 5.11 Å². The van der Waals surface area contributed by atoms with E-state index in [2.05, 4.69) is 52.8 Å². The van der Waals surface area contributed by atoms with Crippen molar-refractivity contribution in [2.24, 2.45) is 0 Å². The van der Waals surface area contributed by atoms with Crippen molar-refractivity contribution in [3.8, 4) is 0 Å². The van der Waals surface area contributed by atoms with Crippen LogP contribution < -0.4 is 0 Å². The van der Waals surface area contributed by atoms with Crippen molar-refractivity contribution >= 4 is 5.97 Å². The molecule has 2 aromatic rings. The van der Waals surface area contributed by atoms with Gasteiger partial charge in [0.2, 0.25) is 0 Å². The first-order valence-electron chi connectivity index (χ1n) is 8.03. The Morgan fingerprint density at radius 2 is 1.52 bits per heavy atom. The van der Waals surface area contributed by atoms with E-state index in [0.29, 0.717) is 12.0 Å². The lowest BCUT2D eigenvalue weighted by molar-refractivity contribution is 0.0695. The van der Waals surface area contributed by atoms with Gasteiger partial charge in [-0.05, 0) is 40.0 Å². The standard InChI is InChI=1S/C21H26O2/c1-20(2,3)17-11-12-18(19(22)23)15(13-17)14-21(4,5)16-9-7-6-8-10-16/h6-13H,14H2,1-5H3,(H,22,23). The van der Waals surface area contributed by atoms with E-state index >= 15 is 0 Å². The molecule has 0 bridgehead atoms. The third kappa shape index (κ3) is 4.01. The lowest BCUT2D eigenvalue weighted by Crippen LogP contribution is -2.23. The number of hydrogen-bond donors (Lipinski definition) is 1. The molecule has 122 valence electrons. The molecule has 0 amide bonds. The molecule has 2 heteroatoms. The third-order valence-corrected chi connectivity index (χ3v) is 4.39. The Morgan fingerprint density at radius 3 is 2.04 bits per heavy atom. The molecular formula is C21H26O2. The van der Waals surface area contributed by atoms with Crippen LogP contribution in [0.4, 0.5) is 0 Å². The molecule has 0 saturated heterocycles. The summed E-state index contributed by atoms with van der Waals surface area (Å²) < 4.78 is 0. The highest BCUT2D eigenvalue weighted by molar-refractivity contribution is 5.89. The molecule has 2 nitrogen and oxygen atoms in total. The van der Waals surface area contributed by atoms with Crippen LogP contribution in [0, 0.1) is 0 Å². The minimum absolute atomic E-state index is 0.00265. The van der Waals surface area contributed by atoms with Gasteiger partial charge in [-0.15, -0.1) is 0 Å². The summed E-state index contributed by atoms with van der Waals surface area (Å²) in [6.45, 7) is 10.8. The number of aromatic carboxylic acids is 1. The monoisotopic (exact) mass is 310 g/mol. The molecule has 0 atom stereocenters.